The molecule has 1 aliphatic rings. The van der Waals surface area contributed by atoms with Crippen molar-refractivity contribution in [3.8, 4) is 0 Å². The van der Waals surface area contributed by atoms with Gasteiger partial charge in [0.05, 0.1) is 0 Å². The van der Waals surface area contributed by atoms with Gasteiger partial charge in [-0.3, -0.25) is 0 Å². The number of nitrogens with two attached hydrogens (primary N) is 2. The summed E-state index contributed by atoms with van der Waals surface area (Å²) in [6.07, 6.45) is -0.748. The van der Waals surface area contributed by atoms with Gasteiger partial charge in [0.2, 0.25) is 0 Å². The summed E-state index contributed by atoms with van der Waals surface area (Å²) in [5, 5.41) is 31.0. The minimum absolute atomic E-state index is 0.210. The van der Waals surface area contributed by atoms with Crippen molar-refractivity contribution in [3.05, 3.63) is 24.2 Å². The molecule has 1 aliphatic heterocycles. The number of carboxylic acids is 1. The first-order valence-electron chi connectivity index (χ1n) is 8.55. The summed E-state index contributed by atoms with van der Waals surface area (Å²) in [7, 11) is 0. The number of fused-ring (bicyclic) bond motifs is 1. The van der Waals surface area contributed by atoms with E-state index in [1.165, 1.54) is 17.2 Å². The SMILES string of the molecule is C=C[Se+](CCC(N)C(=O)O)C[C@H]1O[C@@H](n2cnc3c(N)ncnc32)[C@H](O)[C@@H]1O. The zero-order chi connectivity index (χ0) is 20.4. The zero-order valence-corrected chi connectivity index (χ0v) is 16.7. The van der Waals surface area contributed by atoms with Gasteiger partial charge in [-0.15, -0.1) is 0 Å². The Morgan fingerprint density at radius 3 is 2.82 bits per heavy atom. The van der Waals surface area contributed by atoms with E-state index < -0.39 is 50.5 Å². The Hall–Kier alpha value is -2.08. The Balaban J connectivity index is 1.72. The summed E-state index contributed by atoms with van der Waals surface area (Å²) in [6, 6.07) is -0.929. The second-order valence-electron chi connectivity index (χ2n) is 6.44. The molecule has 0 aliphatic carbocycles. The van der Waals surface area contributed by atoms with Gasteiger partial charge in [0.25, 0.3) is 0 Å². The maximum atomic E-state index is 10.9. The van der Waals surface area contributed by atoms with Crippen molar-refractivity contribution in [1.82, 2.24) is 19.5 Å². The number of hydrogen-bond acceptors (Lipinski definition) is 9. The van der Waals surface area contributed by atoms with Crippen LogP contribution in [0.25, 0.3) is 11.2 Å². The van der Waals surface area contributed by atoms with E-state index in [-0.39, 0.29) is 5.82 Å². The fraction of sp³-hybridized carbons (Fsp3) is 0.500. The van der Waals surface area contributed by atoms with Crippen LogP contribution in [0.5, 0.6) is 0 Å². The van der Waals surface area contributed by atoms with Crippen LogP contribution in [0.15, 0.2) is 24.2 Å². The van der Waals surface area contributed by atoms with Crippen LogP contribution in [0.4, 0.5) is 5.82 Å². The second kappa shape index (κ2) is 8.51. The molecule has 3 heterocycles. The number of imidazole rings is 1. The van der Waals surface area contributed by atoms with Crippen LogP contribution in [-0.2, 0) is 9.53 Å². The average Bonchev–Trinajstić information content (AvgIpc) is 3.21. The van der Waals surface area contributed by atoms with Gasteiger partial charge in [-0.2, -0.15) is 0 Å². The van der Waals surface area contributed by atoms with E-state index in [1.807, 2.05) is 0 Å². The van der Waals surface area contributed by atoms with E-state index in [9.17, 15) is 15.0 Å². The van der Waals surface area contributed by atoms with Crippen molar-refractivity contribution in [2.45, 2.75) is 47.6 Å². The van der Waals surface area contributed by atoms with Crippen LogP contribution in [0.1, 0.15) is 12.6 Å². The van der Waals surface area contributed by atoms with Crippen LogP contribution in [0.2, 0.25) is 10.6 Å². The van der Waals surface area contributed by atoms with E-state index in [0.717, 1.165) is 0 Å². The number of nitrogen functional groups attached to an aromatic ring is 1. The number of ether oxygens (including phenoxy) is 1. The molecule has 12 heteroatoms. The standard InChI is InChI=1S/C16H22N6O5Se/c1-2-28(4-3-8(17)16(25)26)5-9-11(23)12(24)15(27-9)22-7-21-10-13(18)19-6-20-14(10)22/h2,6-9,11-12,15,23-24H,1,3-5,17H2,(H2-,18,19,20,25,26)/p+1/t8?,9-,11-,12-,15-,28?/m1/s1. The summed E-state index contributed by atoms with van der Waals surface area (Å²) >= 11 is -1.49. The number of carbonyl (C=O) groups is 1. The molecule has 0 radical (unpaired) electrons. The van der Waals surface area contributed by atoms with Crippen molar-refractivity contribution < 1.29 is 24.9 Å². The Morgan fingerprint density at radius 2 is 2.14 bits per heavy atom. The molecule has 7 N–H and O–H groups in total. The summed E-state index contributed by atoms with van der Waals surface area (Å²) in [5.41, 5.74) is 12.1. The molecule has 152 valence electrons. The number of rotatable bonds is 8. The van der Waals surface area contributed by atoms with Crippen molar-refractivity contribution in [1.29, 1.82) is 0 Å². The molecule has 0 amide bonds. The molecule has 1 saturated heterocycles. The van der Waals surface area contributed by atoms with Crippen molar-refractivity contribution >= 4 is 36.9 Å². The molecule has 0 spiro atoms. The summed E-state index contributed by atoms with van der Waals surface area (Å²) in [5.74, 6) is -0.836. The predicted octanol–water partition coefficient (Wildman–Crippen LogP) is -0.950. The average molecular weight is 458 g/mol. The third-order valence-electron chi connectivity index (χ3n) is 4.62. The molecular weight excluding hydrogens is 435 g/mol. The molecule has 1 fully saturated rings. The van der Waals surface area contributed by atoms with Crippen LogP contribution < -0.4 is 11.5 Å². The molecule has 3 rings (SSSR count). The van der Waals surface area contributed by atoms with Crippen LogP contribution in [0.3, 0.4) is 0 Å². The van der Waals surface area contributed by atoms with Crippen molar-refractivity contribution in [3.63, 3.8) is 0 Å². The maximum absolute atomic E-state index is 10.9. The van der Waals surface area contributed by atoms with E-state index in [1.54, 1.807) is 4.97 Å². The summed E-state index contributed by atoms with van der Waals surface area (Å²) in [4.78, 5) is 24.8. The van der Waals surface area contributed by atoms with Crippen LogP contribution in [0, 0.1) is 0 Å². The quantitative estimate of drug-likeness (QED) is 0.309. The van der Waals surface area contributed by atoms with Crippen LogP contribution >= 0.6 is 0 Å². The van der Waals surface area contributed by atoms with E-state index in [0.29, 0.717) is 28.2 Å². The van der Waals surface area contributed by atoms with Gasteiger partial charge in [0, 0.05) is 0 Å². The number of aliphatic hydroxyl groups is 2. The normalized spacial score (nSPS) is 27.0. The summed E-state index contributed by atoms with van der Waals surface area (Å²) in [6.45, 7) is 3.81. The first-order chi connectivity index (χ1) is 13.3. The molecule has 0 aromatic carbocycles. The number of hydrogen-bond donors (Lipinski definition) is 5. The molecule has 11 nitrogen and oxygen atoms in total. The molecule has 2 unspecified atom stereocenters. The molecule has 0 saturated carbocycles. The number of anilines is 1. The van der Waals surface area contributed by atoms with E-state index >= 15 is 0 Å². The van der Waals surface area contributed by atoms with Gasteiger partial charge in [0.15, 0.2) is 0 Å². The predicted molar refractivity (Wildman–Crippen MR) is 101 cm³/mol. The fourth-order valence-electron chi connectivity index (χ4n) is 3.00. The Kier molecular flexibility index (Phi) is 6.28. The van der Waals surface area contributed by atoms with Gasteiger partial charge < -0.3 is 0 Å². The number of aliphatic carboxylic acids is 1. The first kappa shape index (κ1) is 20.6. The molecule has 6 atom stereocenters. The Labute approximate surface area is 164 Å². The van der Waals surface area contributed by atoms with E-state index in [2.05, 4.69) is 21.5 Å². The molecule has 28 heavy (non-hydrogen) atoms. The third-order valence-corrected chi connectivity index (χ3v) is 8.79. The molecular formula is C16H23N6O5Se+. The van der Waals surface area contributed by atoms with Gasteiger partial charge in [-0.25, -0.2) is 0 Å². The number of carboxylic acid groups (broad SMARTS) is 1. The van der Waals surface area contributed by atoms with E-state index in [4.69, 9.17) is 21.3 Å². The topological polar surface area (TPSA) is 183 Å². The summed E-state index contributed by atoms with van der Waals surface area (Å²) < 4.78 is 7.44. The Morgan fingerprint density at radius 1 is 1.39 bits per heavy atom. The second-order valence-corrected chi connectivity index (χ2v) is 10.9. The van der Waals surface area contributed by atoms with Crippen LogP contribution in [-0.4, -0.2) is 79.1 Å². The number of nitrogens with zero attached hydrogens (tertiary/aromatic N) is 4. The zero-order valence-electron chi connectivity index (χ0n) is 15.0. The minimum atomic E-state index is -1.49. The first-order valence-corrected chi connectivity index (χ1v) is 12.0. The van der Waals surface area contributed by atoms with Gasteiger partial charge in [-0.1, -0.05) is 0 Å². The fourth-order valence-corrected chi connectivity index (χ4v) is 6.62. The molecule has 2 aromatic heterocycles. The monoisotopic (exact) mass is 459 g/mol. The molecule has 0 bridgehead atoms. The molecule has 2 aromatic rings. The van der Waals surface area contributed by atoms with Gasteiger partial charge >= 0.3 is 165 Å². The Bertz CT molecular complexity index is 863. The number of aliphatic hydroxyl groups excluding tert-OH is 2. The number of aromatic nitrogens is 4. The van der Waals surface area contributed by atoms with Gasteiger partial charge in [0.1, 0.15) is 0 Å². The van der Waals surface area contributed by atoms with Gasteiger partial charge in [-0.05, 0) is 0 Å². The third kappa shape index (κ3) is 4.02. The van der Waals surface area contributed by atoms with Crippen molar-refractivity contribution in [2.24, 2.45) is 5.73 Å². The van der Waals surface area contributed by atoms with Crippen molar-refractivity contribution in [2.75, 3.05) is 5.73 Å².